The Hall–Kier alpha value is -1.50. The molecule has 0 aliphatic carbocycles. The molecule has 0 radical (unpaired) electrons. The van der Waals surface area contributed by atoms with Crippen LogP contribution in [0.5, 0.6) is 5.19 Å². The smallest absolute Gasteiger partial charge is 0.294 e. The first-order valence-corrected chi connectivity index (χ1v) is 9.94. The maximum absolute atomic E-state index is 5.40. The van der Waals surface area contributed by atoms with Gasteiger partial charge in [0, 0.05) is 32.7 Å². The molecule has 1 aliphatic heterocycles. The van der Waals surface area contributed by atoms with E-state index in [9.17, 15) is 0 Å². The van der Waals surface area contributed by atoms with Crippen LogP contribution in [-0.4, -0.2) is 52.8 Å². The second kappa shape index (κ2) is 8.74. The Morgan fingerprint density at radius 1 is 1.00 bits per heavy atom. The predicted molar refractivity (Wildman–Crippen MR) is 102 cm³/mol. The molecule has 0 N–H and O–H groups in total. The van der Waals surface area contributed by atoms with Crippen molar-refractivity contribution >= 4 is 11.3 Å². The molecule has 5 nitrogen and oxygen atoms in total. The minimum Gasteiger partial charge on any atom is -0.469 e. The van der Waals surface area contributed by atoms with Crippen molar-refractivity contribution in [1.29, 1.82) is 0 Å². The van der Waals surface area contributed by atoms with E-state index >= 15 is 0 Å². The predicted octanol–water partition coefficient (Wildman–Crippen LogP) is 3.38. The summed E-state index contributed by atoms with van der Waals surface area (Å²) in [5.41, 5.74) is 2.82. The van der Waals surface area contributed by atoms with Gasteiger partial charge < -0.3 is 4.74 Å². The van der Waals surface area contributed by atoms with Gasteiger partial charge in [-0.3, -0.25) is 9.80 Å². The molecule has 1 aromatic carbocycles. The van der Waals surface area contributed by atoms with Crippen LogP contribution in [0.3, 0.4) is 0 Å². The molecule has 0 saturated carbocycles. The molecule has 2 heterocycles. The van der Waals surface area contributed by atoms with Gasteiger partial charge in [-0.15, -0.1) is 10.2 Å². The molecule has 2 aromatic rings. The molecule has 1 aromatic heterocycles. The van der Waals surface area contributed by atoms with Gasteiger partial charge in [0.05, 0.1) is 13.2 Å². The average molecular weight is 361 g/mol. The second-order valence-corrected chi connectivity index (χ2v) is 7.87. The van der Waals surface area contributed by atoms with Crippen LogP contribution in [-0.2, 0) is 13.1 Å². The summed E-state index contributed by atoms with van der Waals surface area (Å²) in [6.45, 7) is 13.4. The molecule has 6 heteroatoms. The molecule has 0 unspecified atom stereocenters. The van der Waals surface area contributed by atoms with Gasteiger partial charge in [0.15, 0.2) is 0 Å². The summed E-state index contributed by atoms with van der Waals surface area (Å²) in [4.78, 5) is 4.99. The van der Waals surface area contributed by atoms with Gasteiger partial charge in [0.2, 0.25) is 0 Å². The quantitative estimate of drug-likeness (QED) is 0.757. The van der Waals surface area contributed by atoms with Crippen molar-refractivity contribution in [3.63, 3.8) is 0 Å². The highest BCUT2D eigenvalue weighted by atomic mass is 32.1. The third kappa shape index (κ3) is 5.23. The Balaban J connectivity index is 1.45. The van der Waals surface area contributed by atoms with Crippen LogP contribution in [0.1, 0.15) is 42.8 Å². The standard InChI is InChI=1S/C19H28N4OS/c1-4-24-19-21-20-18(25-19)14-23-11-9-22(10-12-23)13-16-5-7-17(8-6-16)15(2)3/h5-8,15H,4,9-14H2,1-3H3. The molecular formula is C19H28N4OS. The lowest BCUT2D eigenvalue weighted by Crippen LogP contribution is -2.45. The number of hydrogen-bond acceptors (Lipinski definition) is 6. The van der Waals surface area contributed by atoms with E-state index in [1.807, 2.05) is 6.92 Å². The molecule has 25 heavy (non-hydrogen) atoms. The first-order valence-electron chi connectivity index (χ1n) is 9.12. The van der Waals surface area contributed by atoms with Crippen LogP contribution in [0, 0.1) is 0 Å². The number of benzene rings is 1. The molecule has 136 valence electrons. The van der Waals surface area contributed by atoms with Crippen LogP contribution < -0.4 is 4.74 Å². The van der Waals surface area contributed by atoms with E-state index in [4.69, 9.17) is 4.74 Å². The summed E-state index contributed by atoms with van der Waals surface area (Å²) in [7, 11) is 0. The lowest BCUT2D eigenvalue weighted by atomic mass is 10.0. The van der Waals surface area contributed by atoms with E-state index in [1.165, 1.54) is 11.1 Å². The molecule has 1 aliphatic rings. The van der Waals surface area contributed by atoms with Crippen molar-refractivity contribution < 1.29 is 4.74 Å². The van der Waals surface area contributed by atoms with Crippen LogP contribution >= 0.6 is 11.3 Å². The Bertz CT molecular complexity index is 648. The summed E-state index contributed by atoms with van der Waals surface area (Å²) in [5, 5.41) is 10.0. The van der Waals surface area contributed by atoms with Gasteiger partial charge in [0.25, 0.3) is 5.19 Å². The van der Waals surface area contributed by atoms with Crippen molar-refractivity contribution in [2.24, 2.45) is 0 Å². The zero-order valence-corrected chi connectivity index (χ0v) is 16.3. The first-order chi connectivity index (χ1) is 12.1. The van der Waals surface area contributed by atoms with Crippen molar-refractivity contribution in [3.05, 3.63) is 40.4 Å². The van der Waals surface area contributed by atoms with Gasteiger partial charge in [-0.25, -0.2) is 0 Å². The zero-order chi connectivity index (χ0) is 17.6. The SMILES string of the molecule is CCOc1nnc(CN2CCN(Cc3ccc(C(C)C)cc3)CC2)s1. The maximum atomic E-state index is 5.40. The molecule has 0 bridgehead atoms. The second-order valence-electron chi connectivity index (χ2n) is 6.84. The number of aromatic nitrogens is 2. The minimum absolute atomic E-state index is 0.598. The van der Waals surface area contributed by atoms with Gasteiger partial charge in [0.1, 0.15) is 5.01 Å². The lowest BCUT2D eigenvalue weighted by molar-refractivity contribution is 0.122. The Labute approximate surface area is 154 Å². The van der Waals surface area contributed by atoms with Gasteiger partial charge in [-0.2, -0.15) is 0 Å². The highest BCUT2D eigenvalue weighted by molar-refractivity contribution is 7.13. The Kier molecular flexibility index (Phi) is 6.39. The van der Waals surface area contributed by atoms with Gasteiger partial charge in [-0.1, -0.05) is 49.4 Å². The topological polar surface area (TPSA) is 41.5 Å². The van der Waals surface area contributed by atoms with Crippen LogP contribution in [0.15, 0.2) is 24.3 Å². The molecule has 0 amide bonds. The van der Waals surface area contributed by atoms with E-state index in [0.29, 0.717) is 17.7 Å². The summed E-state index contributed by atoms with van der Waals surface area (Å²) in [5.74, 6) is 0.598. The summed E-state index contributed by atoms with van der Waals surface area (Å²) in [6, 6.07) is 9.08. The number of hydrogen-bond donors (Lipinski definition) is 0. The fourth-order valence-electron chi connectivity index (χ4n) is 3.05. The van der Waals surface area contributed by atoms with Crippen LogP contribution in [0.25, 0.3) is 0 Å². The molecule has 3 rings (SSSR count). The summed E-state index contributed by atoms with van der Waals surface area (Å²) in [6.07, 6.45) is 0. The van der Waals surface area contributed by atoms with E-state index < -0.39 is 0 Å². The number of nitrogens with zero attached hydrogens (tertiary/aromatic N) is 4. The molecule has 1 fully saturated rings. The number of rotatable bonds is 7. The van der Waals surface area contributed by atoms with Crippen molar-refractivity contribution in [2.75, 3.05) is 32.8 Å². The van der Waals surface area contributed by atoms with Crippen molar-refractivity contribution in [3.8, 4) is 5.19 Å². The average Bonchev–Trinajstić information content (AvgIpc) is 3.04. The fraction of sp³-hybridized carbons (Fsp3) is 0.579. The first kappa shape index (κ1) is 18.3. The van der Waals surface area contributed by atoms with E-state index in [0.717, 1.165) is 44.3 Å². The lowest BCUT2D eigenvalue weighted by Gasteiger charge is -2.34. The van der Waals surface area contributed by atoms with Gasteiger partial charge in [-0.05, 0) is 24.0 Å². The number of piperazine rings is 1. The normalized spacial score (nSPS) is 16.5. The molecule has 0 atom stereocenters. The minimum atomic E-state index is 0.598. The van der Waals surface area contributed by atoms with E-state index in [1.54, 1.807) is 11.3 Å². The Morgan fingerprint density at radius 2 is 1.64 bits per heavy atom. The third-order valence-electron chi connectivity index (χ3n) is 4.59. The summed E-state index contributed by atoms with van der Waals surface area (Å²) >= 11 is 1.56. The van der Waals surface area contributed by atoms with Crippen LogP contribution in [0.2, 0.25) is 0 Å². The highest BCUT2D eigenvalue weighted by Crippen LogP contribution is 2.20. The molecule has 0 spiro atoms. The molecular weight excluding hydrogens is 332 g/mol. The highest BCUT2D eigenvalue weighted by Gasteiger charge is 2.18. The zero-order valence-electron chi connectivity index (χ0n) is 15.4. The maximum Gasteiger partial charge on any atom is 0.294 e. The van der Waals surface area contributed by atoms with E-state index in [-0.39, 0.29) is 0 Å². The van der Waals surface area contributed by atoms with E-state index in [2.05, 4.69) is 58.1 Å². The Morgan fingerprint density at radius 3 is 2.24 bits per heavy atom. The van der Waals surface area contributed by atoms with Gasteiger partial charge >= 0.3 is 0 Å². The van der Waals surface area contributed by atoms with Crippen LogP contribution in [0.4, 0.5) is 0 Å². The monoisotopic (exact) mass is 360 g/mol. The fourth-order valence-corrected chi connectivity index (χ4v) is 3.84. The summed E-state index contributed by atoms with van der Waals surface area (Å²) < 4.78 is 5.40. The number of ether oxygens (including phenoxy) is 1. The molecule has 1 saturated heterocycles. The van der Waals surface area contributed by atoms with Crippen molar-refractivity contribution in [2.45, 2.75) is 39.8 Å². The largest absolute Gasteiger partial charge is 0.469 e. The van der Waals surface area contributed by atoms with Crippen molar-refractivity contribution in [1.82, 2.24) is 20.0 Å². The third-order valence-corrected chi connectivity index (χ3v) is 5.41.